The topological polar surface area (TPSA) is 43.4 Å². The Kier molecular flexibility index (Phi) is 1.24. The third-order valence-electron chi connectivity index (χ3n) is 4.29. The molecule has 3 aliphatic heterocycles. The largest absolute Gasteiger partial charge is 0.370 e. The van der Waals surface area contributed by atoms with Crippen molar-refractivity contribution in [3.05, 3.63) is 0 Å². The third-order valence-corrected chi connectivity index (χ3v) is 6.64. The highest BCUT2D eigenvalue weighted by Crippen LogP contribution is 2.58. The van der Waals surface area contributed by atoms with E-state index in [4.69, 9.17) is 4.74 Å². The highest BCUT2D eigenvalue weighted by Gasteiger charge is 2.69. The third kappa shape index (κ3) is 0.734. The summed E-state index contributed by atoms with van der Waals surface area (Å²) in [5.41, 5.74) is -0.344. The minimum absolute atomic E-state index is 0.203. The minimum atomic E-state index is -2.85. The van der Waals surface area contributed by atoms with E-state index in [2.05, 4.69) is 6.92 Å². The molecule has 0 N–H and O–H groups in total. The molecular formula is C9H14O3S. The fraction of sp³-hybridized carbons (Fsp3) is 1.00. The van der Waals surface area contributed by atoms with Gasteiger partial charge < -0.3 is 4.74 Å². The molecule has 4 heteroatoms. The second-order valence-electron chi connectivity index (χ2n) is 4.86. The maximum absolute atomic E-state index is 11.8. The summed E-state index contributed by atoms with van der Waals surface area (Å²) in [4.78, 5) is 0. The Bertz CT molecular complexity index is 361. The predicted octanol–water partition coefficient (Wildman–Crippen LogP) is 0.597. The molecule has 0 spiro atoms. The molecule has 3 fully saturated rings. The normalized spacial score (nSPS) is 61.7. The summed E-state index contributed by atoms with van der Waals surface area (Å²) in [6.07, 6.45) is 0.938. The number of sulfone groups is 1. The molecule has 3 rings (SSSR count). The minimum Gasteiger partial charge on any atom is -0.370 e. The van der Waals surface area contributed by atoms with Gasteiger partial charge in [0.25, 0.3) is 0 Å². The molecular weight excluding hydrogens is 188 g/mol. The van der Waals surface area contributed by atoms with Crippen LogP contribution in [0.5, 0.6) is 0 Å². The van der Waals surface area contributed by atoms with Crippen LogP contribution in [0.15, 0.2) is 0 Å². The maximum Gasteiger partial charge on any atom is 0.156 e. The van der Waals surface area contributed by atoms with E-state index in [9.17, 15) is 8.42 Å². The zero-order valence-corrected chi connectivity index (χ0v) is 8.67. The van der Waals surface area contributed by atoms with Crippen LogP contribution in [0, 0.1) is 11.8 Å². The van der Waals surface area contributed by atoms with E-state index in [0.717, 1.165) is 6.42 Å². The van der Waals surface area contributed by atoms with Gasteiger partial charge in [-0.1, -0.05) is 6.92 Å². The van der Waals surface area contributed by atoms with Crippen LogP contribution in [0.3, 0.4) is 0 Å². The second kappa shape index (κ2) is 1.96. The first kappa shape index (κ1) is 8.24. The van der Waals surface area contributed by atoms with Crippen molar-refractivity contribution in [2.45, 2.75) is 37.2 Å². The quantitative estimate of drug-likeness (QED) is 0.577. The lowest BCUT2D eigenvalue weighted by atomic mass is 9.74. The summed E-state index contributed by atoms with van der Waals surface area (Å²) in [5, 5.41) is -0.203. The molecule has 0 amide bonds. The van der Waals surface area contributed by atoms with Crippen LogP contribution in [0.4, 0.5) is 0 Å². The number of rotatable bonds is 0. The van der Waals surface area contributed by atoms with E-state index < -0.39 is 9.84 Å². The van der Waals surface area contributed by atoms with Crippen molar-refractivity contribution in [1.82, 2.24) is 0 Å². The molecule has 13 heavy (non-hydrogen) atoms. The Morgan fingerprint density at radius 1 is 1.46 bits per heavy atom. The first-order valence-electron chi connectivity index (χ1n) is 4.84. The zero-order chi connectivity index (χ0) is 9.43. The monoisotopic (exact) mass is 202 g/mol. The number of ether oxygens (including phenoxy) is 1. The summed E-state index contributed by atoms with van der Waals surface area (Å²) in [5.74, 6) is 1.03. The molecule has 3 saturated heterocycles. The first-order chi connectivity index (χ1) is 5.95. The first-order valence-corrected chi connectivity index (χ1v) is 6.56. The summed E-state index contributed by atoms with van der Waals surface area (Å²) < 4.78 is 29.3. The van der Waals surface area contributed by atoms with Crippen molar-refractivity contribution in [3.63, 3.8) is 0 Å². The Labute approximate surface area is 78.4 Å². The van der Waals surface area contributed by atoms with E-state index in [-0.39, 0.29) is 22.9 Å². The van der Waals surface area contributed by atoms with Gasteiger partial charge in [0, 0.05) is 5.92 Å². The van der Waals surface area contributed by atoms with Crippen molar-refractivity contribution in [2.75, 3.05) is 5.75 Å². The highest BCUT2D eigenvalue weighted by atomic mass is 32.2. The zero-order valence-electron chi connectivity index (χ0n) is 7.86. The van der Waals surface area contributed by atoms with E-state index in [1.54, 1.807) is 0 Å². The molecule has 2 bridgehead atoms. The van der Waals surface area contributed by atoms with Crippen molar-refractivity contribution < 1.29 is 13.2 Å². The average molecular weight is 202 g/mol. The van der Waals surface area contributed by atoms with Crippen LogP contribution in [0.2, 0.25) is 0 Å². The molecule has 0 aliphatic carbocycles. The van der Waals surface area contributed by atoms with Gasteiger partial charge in [-0.15, -0.1) is 0 Å². The molecule has 5 atom stereocenters. The lowest BCUT2D eigenvalue weighted by Crippen LogP contribution is -2.39. The van der Waals surface area contributed by atoms with Crippen LogP contribution in [-0.2, 0) is 14.6 Å². The fourth-order valence-electron chi connectivity index (χ4n) is 3.51. The van der Waals surface area contributed by atoms with Crippen LogP contribution < -0.4 is 0 Å². The molecule has 0 aromatic carbocycles. The molecule has 74 valence electrons. The van der Waals surface area contributed by atoms with Crippen molar-refractivity contribution >= 4 is 9.84 Å². The van der Waals surface area contributed by atoms with Crippen LogP contribution >= 0.6 is 0 Å². The molecule has 0 radical (unpaired) electrons. The van der Waals surface area contributed by atoms with Crippen molar-refractivity contribution in [3.8, 4) is 0 Å². The molecule has 3 nitrogen and oxygen atoms in total. The predicted molar refractivity (Wildman–Crippen MR) is 48.1 cm³/mol. The number of hydrogen-bond acceptors (Lipinski definition) is 3. The van der Waals surface area contributed by atoms with Gasteiger partial charge in [-0.05, 0) is 19.3 Å². The summed E-state index contributed by atoms with van der Waals surface area (Å²) in [6.45, 7) is 4.11. The lowest BCUT2D eigenvalue weighted by Gasteiger charge is -2.27. The average Bonchev–Trinajstić information content (AvgIpc) is 2.49. The smallest absolute Gasteiger partial charge is 0.156 e. The van der Waals surface area contributed by atoms with Crippen LogP contribution in [0.1, 0.15) is 20.3 Å². The molecule has 0 saturated carbocycles. The summed E-state index contributed by atoms with van der Waals surface area (Å²) in [7, 11) is -2.85. The van der Waals surface area contributed by atoms with Crippen molar-refractivity contribution in [1.29, 1.82) is 0 Å². The Hall–Kier alpha value is -0.0900. The molecule has 5 unspecified atom stereocenters. The molecule has 0 aromatic heterocycles. The highest BCUT2D eigenvalue weighted by molar-refractivity contribution is 7.92. The van der Waals surface area contributed by atoms with Gasteiger partial charge >= 0.3 is 0 Å². The Morgan fingerprint density at radius 3 is 2.69 bits per heavy atom. The molecule has 3 aliphatic rings. The van der Waals surface area contributed by atoms with Crippen molar-refractivity contribution in [2.24, 2.45) is 11.8 Å². The number of hydrogen-bond donors (Lipinski definition) is 0. The summed E-state index contributed by atoms with van der Waals surface area (Å²) in [6, 6.07) is 0. The van der Waals surface area contributed by atoms with Crippen LogP contribution in [-0.4, -0.2) is 31.1 Å². The van der Waals surface area contributed by atoms with E-state index in [1.165, 1.54) is 0 Å². The second-order valence-corrected chi connectivity index (χ2v) is 7.09. The van der Waals surface area contributed by atoms with Gasteiger partial charge in [0.15, 0.2) is 9.84 Å². The lowest BCUT2D eigenvalue weighted by molar-refractivity contribution is 0.0165. The van der Waals surface area contributed by atoms with Gasteiger partial charge in [0.1, 0.15) is 0 Å². The number of fused-ring (bicyclic) bond motifs is 1. The van der Waals surface area contributed by atoms with Gasteiger partial charge in [0.2, 0.25) is 0 Å². The van der Waals surface area contributed by atoms with Crippen LogP contribution in [0.25, 0.3) is 0 Å². The van der Waals surface area contributed by atoms with Gasteiger partial charge in [-0.2, -0.15) is 0 Å². The van der Waals surface area contributed by atoms with Gasteiger partial charge in [-0.25, -0.2) is 8.42 Å². The van der Waals surface area contributed by atoms with Gasteiger partial charge in [-0.3, -0.25) is 0 Å². The standard InChI is InChI=1S/C9H14O3S/c1-5-6-4-13(10,11)8-3-7(5)12-9(6,8)2/h5-8H,3-4H2,1-2H3. The Morgan fingerprint density at radius 2 is 2.15 bits per heavy atom. The van der Waals surface area contributed by atoms with Gasteiger partial charge in [0.05, 0.1) is 22.7 Å². The maximum atomic E-state index is 11.8. The molecule has 0 aromatic rings. The SMILES string of the molecule is CC1C2CC3C(C)(O2)C1CS3(=O)=O. The van der Waals surface area contributed by atoms with E-state index >= 15 is 0 Å². The Balaban J connectivity index is 2.18. The van der Waals surface area contributed by atoms with E-state index in [0.29, 0.717) is 11.7 Å². The summed E-state index contributed by atoms with van der Waals surface area (Å²) >= 11 is 0. The molecule has 3 heterocycles. The fourth-order valence-corrected chi connectivity index (χ4v) is 6.30. The van der Waals surface area contributed by atoms with E-state index in [1.807, 2.05) is 6.92 Å².